The third-order valence-corrected chi connectivity index (χ3v) is 3.23. The molecule has 3 nitrogen and oxygen atoms in total. The van der Waals surface area contributed by atoms with Crippen molar-refractivity contribution in [3.05, 3.63) is 29.8 Å². The normalized spacial score (nSPS) is 14.4. The van der Waals surface area contributed by atoms with Crippen LogP contribution in [0.15, 0.2) is 24.3 Å². The lowest BCUT2D eigenvalue weighted by Gasteiger charge is -2.33. The van der Waals surface area contributed by atoms with E-state index >= 15 is 0 Å². The number of aliphatic hydroxyl groups is 1. The molecule has 0 radical (unpaired) electrons. The van der Waals surface area contributed by atoms with Crippen molar-refractivity contribution >= 4 is 0 Å². The third kappa shape index (κ3) is 3.20. The molecule has 0 spiro atoms. The minimum absolute atomic E-state index is 0.107. The van der Waals surface area contributed by atoms with Gasteiger partial charge < -0.3 is 15.2 Å². The largest absolute Gasteiger partial charge is 0.497 e. The summed E-state index contributed by atoms with van der Waals surface area (Å²) in [4.78, 5) is 0. The van der Waals surface area contributed by atoms with Gasteiger partial charge >= 0.3 is 0 Å². The molecule has 1 rings (SSSR count). The predicted octanol–water partition coefficient (Wildman–Crippen LogP) is 2.29. The van der Waals surface area contributed by atoms with Crippen LogP contribution >= 0.6 is 0 Å². The molecule has 17 heavy (non-hydrogen) atoms. The first-order valence-electron chi connectivity index (χ1n) is 6.22. The summed E-state index contributed by atoms with van der Waals surface area (Å²) in [5.41, 5.74) is 0.777. The summed E-state index contributed by atoms with van der Waals surface area (Å²) >= 11 is 0. The molecule has 1 unspecified atom stereocenters. The minimum Gasteiger partial charge on any atom is -0.497 e. The van der Waals surface area contributed by atoms with Crippen molar-refractivity contribution in [1.82, 2.24) is 5.32 Å². The number of aliphatic hydroxyl groups excluding tert-OH is 1. The Kier molecular flexibility index (Phi) is 5.45. The monoisotopic (exact) mass is 237 g/mol. The second kappa shape index (κ2) is 6.62. The summed E-state index contributed by atoms with van der Waals surface area (Å²) < 4.78 is 5.15. The molecule has 0 aliphatic heterocycles. The van der Waals surface area contributed by atoms with Crippen molar-refractivity contribution in [2.24, 2.45) is 0 Å². The molecule has 3 heteroatoms. The summed E-state index contributed by atoms with van der Waals surface area (Å²) in [5, 5.41) is 13.1. The Morgan fingerprint density at radius 1 is 1.24 bits per heavy atom. The molecule has 0 fully saturated rings. The number of hydrogen-bond donors (Lipinski definition) is 2. The molecule has 0 saturated carbocycles. The summed E-state index contributed by atoms with van der Waals surface area (Å²) in [6, 6.07) is 7.90. The van der Waals surface area contributed by atoms with Gasteiger partial charge in [-0.05, 0) is 37.1 Å². The first-order chi connectivity index (χ1) is 8.22. The lowest BCUT2D eigenvalue weighted by Crippen LogP contribution is -2.45. The fourth-order valence-electron chi connectivity index (χ4n) is 1.96. The van der Waals surface area contributed by atoms with Gasteiger partial charge in [-0.15, -0.1) is 0 Å². The second-order valence-electron chi connectivity index (χ2n) is 4.25. The summed E-state index contributed by atoms with van der Waals surface area (Å²) in [6.45, 7) is 5.22. The van der Waals surface area contributed by atoms with E-state index in [4.69, 9.17) is 4.74 Å². The molecular formula is C14H23NO2. The van der Waals surface area contributed by atoms with Crippen LogP contribution in [0.25, 0.3) is 0 Å². The van der Waals surface area contributed by atoms with E-state index in [-0.39, 0.29) is 12.1 Å². The number of hydrogen-bond acceptors (Lipinski definition) is 3. The molecule has 1 atom stereocenters. The smallest absolute Gasteiger partial charge is 0.118 e. The van der Waals surface area contributed by atoms with Crippen molar-refractivity contribution in [1.29, 1.82) is 0 Å². The van der Waals surface area contributed by atoms with Gasteiger partial charge in [0, 0.05) is 0 Å². The molecular weight excluding hydrogens is 214 g/mol. The van der Waals surface area contributed by atoms with Crippen LogP contribution in [0, 0.1) is 0 Å². The SMILES string of the molecule is CCCNC(CC)(CO)c1ccc(OC)cc1. The maximum absolute atomic E-state index is 9.69. The highest BCUT2D eigenvalue weighted by molar-refractivity contribution is 5.32. The van der Waals surface area contributed by atoms with Crippen LogP contribution in [0.2, 0.25) is 0 Å². The number of benzene rings is 1. The standard InChI is InChI=1S/C14H23NO2/c1-4-10-15-14(5-2,11-16)12-6-8-13(17-3)9-7-12/h6-9,15-16H,4-5,10-11H2,1-3H3. The number of nitrogens with one attached hydrogen (secondary N) is 1. The van der Waals surface area contributed by atoms with Gasteiger partial charge in [-0.1, -0.05) is 26.0 Å². The predicted molar refractivity (Wildman–Crippen MR) is 70.3 cm³/mol. The Morgan fingerprint density at radius 3 is 2.29 bits per heavy atom. The zero-order valence-electron chi connectivity index (χ0n) is 11.0. The zero-order valence-corrected chi connectivity index (χ0v) is 11.0. The van der Waals surface area contributed by atoms with E-state index in [1.54, 1.807) is 7.11 Å². The van der Waals surface area contributed by atoms with E-state index in [1.807, 2.05) is 24.3 Å². The highest BCUT2D eigenvalue weighted by Crippen LogP contribution is 2.26. The number of ether oxygens (including phenoxy) is 1. The van der Waals surface area contributed by atoms with Gasteiger partial charge in [-0.25, -0.2) is 0 Å². The molecule has 0 aliphatic rings. The summed E-state index contributed by atoms with van der Waals surface area (Å²) in [7, 11) is 1.66. The fourth-order valence-corrected chi connectivity index (χ4v) is 1.96. The fraction of sp³-hybridized carbons (Fsp3) is 0.571. The number of rotatable bonds is 7. The quantitative estimate of drug-likeness (QED) is 0.764. The van der Waals surface area contributed by atoms with E-state index in [0.717, 1.165) is 30.7 Å². The lowest BCUT2D eigenvalue weighted by molar-refractivity contribution is 0.155. The van der Waals surface area contributed by atoms with Gasteiger partial charge in [0.2, 0.25) is 0 Å². The van der Waals surface area contributed by atoms with Gasteiger partial charge in [0.15, 0.2) is 0 Å². The van der Waals surface area contributed by atoms with E-state index in [2.05, 4.69) is 19.2 Å². The topological polar surface area (TPSA) is 41.5 Å². The van der Waals surface area contributed by atoms with E-state index in [1.165, 1.54) is 0 Å². The van der Waals surface area contributed by atoms with Crippen LogP contribution in [0.3, 0.4) is 0 Å². The van der Waals surface area contributed by atoms with Gasteiger partial charge in [0.25, 0.3) is 0 Å². The lowest BCUT2D eigenvalue weighted by atomic mass is 9.88. The maximum atomic E-state index is 9.69. The van der Waals surface area contributed by atoms with Crippen LogP contribution < -0.4 is 10.1 Å². The molecule has 1 aromatic carbocycles. The molecule has 0 bridgehead atoms. The van der Waals surface area contributed by atoms with Crippen molar-refractivity contribution < 1.29 is 9.84 Å². The Bertz CT molecular complexity index is 317. The molecule has 0 saturated heterocycles. The van der Waals surface area contributed by atoms with Crippen LogP contribution in [-0.4, -0.2) is 25.4 Å². The van der Waals surface area contributed by atoms with Crippen LogP contribution in [0.1, 0.15) is 32.3 Å². The third-order valence-electron chi connectivity index (χ3n) is 3.23. The van der Waals surface area contributed by atoms with Gasteiger partial charge in [0.1, 0.15) is 5.75 Å². The first kappa shape index (κ1) is 14.0. The molecule has 1 aromatic rings. The Morgan fingerprint density at radius 2 is 1.88 bits per heavy atom. The van der Waals surface area contributed by atoms with Crippen molar-refractivity contribution in [3.8, 4) is 5.75 Å². The minimum atomic E-state index is -0.331. The zero-order chi connectivity index (χ0) is 12.7. The van der Waals surface area contributed by atoms with Gasteiger partial charge in [-0.2, -0.15) is 0 Å². The highest BCUT2D eigenvalue weighted by atomic mass is 16.5. The van der Waals surface area contributed by atoms with E-state index in [9.17, 15) is 5.11 Å². The van der Waals surface area contributed by atoms with Gasteiger partial charge in [0.05, 0.1) is 19.3 Å². The van der Waals surface area contributed by atoms with Crippen molar-refractivity contribution in [3.63, 3.8) is 0 Å². The molecule has 0 aliphatic carbocycles. The Labute approximate surface area is 104 Å². The molecule has 2 N–H and O–H groups in total. The maximum Gasteiger partial charge on any atom is 0.118 e. The second-order valence-corrected chi connectivity index (χ2v) is 4.25. The number of methoxy groups -OCH3 is 1. The molecule has 0 amide bonds. The highest BCUT2D eigenvalue weighted by Gasteiger charge is 2.28. The average Bonchev–Trinajstić information content (AvgIpc) is 2.41. The summed E-state index contributed by atoms with van der Waals surface area (Å²) in [6.07, 6.45) is 1.91. The van der Waals surface area contributed by atoms with Crippen molar-refractivity contribution in [2.45, 2.75) is 32.2 Å². The molecule has 96 valence electrons. The van der Waals surface area contributed by atoms with E-state index < -0.39 is 0 Å². The summed E-state index contributed by atoms with van der Waals surface area (Å²) in [5.74, 6) is 0.840. The van der Waals surface area contributed by atoms with Crippen molar-refractivity contribution in [2.75, 3.05) is 20.3 Å². The average molecular weight is 237 g/mol. The van der Waals surface area contributed by atoms with Gasteiger partial charge in [-0.3, -0.25) is 0 Å². The van der Waals surface area contributed by atoms with E-state index in [0.29, 0.717) is 0 Å². The Balaban J connectivity index is 2.94. The Hall–Kier alpha value is -1.06. The van der Waals surface area contributed by atoms with Crippen LogP contribution in [0.4, 0.5) is 0 Å². The molecule has 0 aromatic heterocycles. The first-order valence-corrected chi connectivity index (χ1v) is 6.22. The molecule has 0 heterocycles. The van der Waals surface area contributed by atoms with Crippen LogP contribution in [-0.2, 0) is 5.54 Å². The van der Waals surface area contributed by atoms with Crippen LogP contribution in [0.5, 0.6) is 5.75 Å².